The third kappa shape index (κ3) is 6.23. The molecule has 3 rings (SSSR count). The molecule has 0 aromatic heterocycles. The molecule has 0 radical (unpaired) electrons. The minimum absolute atomic E-state index is 0.111. The van der Waals surface area contributed by atoms with E-state index in [4.69, 9.17) is 9.84 Å². The second-order valence-corrected chi connectivity index (χ2v) is 6.72. The zero-order chi connectivity index (χ0) is 22.9. The van der Waals surface area contributed by atoms with Crippen molar-refractivity contribution in [3.63, 3.8) is 0 Å². The van der Waals surface area contributed by atoms with E-state index >= 15 is 0 Å². The Bertz CT molecular complexity index is 1140. The number of nitrogens with zero attached hydrogens (tertiary/aromatic N) is 2. The molecule has 162 valence electrons. The molecule has 0 saturated carbocycles. The number of amides is 1. The van der Waals surface area contributed by atoms with Crippen LogP contribution in [0.5, 0.6) is 5.75 Å². The molecule has 3 aromatic carbocycles. The molecule has 0 aliphatic heterocycles. The third-order valence-corrected chi connectivity index (χ3v) is 4.43. The Morgan fingerprint density at radius 1 is 1.03 bits per heavy atom. The van der Waals surface area contributed by atoms with Gasteiger partial charge < -0.3 is 9.84 Å². The van der Waals surface area contributed by atoms with Gasteiger partial charge in [-0.2, -0.15) is 5.10 Å². The fourth-order valence-electron chi connectivity index (χ4n) is 2.79. The highest BCUT2D eigenvalue weighted by Gasteiger charge is 2.15. The van der Waals surface area contributed by atoms with Gasteiger partial charge in [0.25, 0.3) is 5.69 Å². The summed E-state index contributed by atoms with van der Waals surface area (Å²) in [6.07, 6.45) is 1.29. The fourth-order valence-corrected chi connectivity index (χ4v) is 2.79. The number of hydrogen-bond acceptors (Lipinski definition) is 6. The molecule has 0 spiro atoms. The van der Waals surface area contributed by atoms with Gasteiger partial charge in [0, 0.05) is 11.6 Å². The molecule has 0 saturated heterocycles. The van der Waals surface area contributed by atoms with Gasteiger partial charge in [-0.25, -0.2) is 10.2 Å². The highest BCUT2D eigenvalue weighted by atomic mass is 16.6. The summed E-state index contributed by atoms with van der Waals surface area (Å²) in [5, 5.41) is 23.8. The molecule has 0 aliphatic rings. The van der Waals surface area contributed by atoms with Crippen molar-refractivity contribution >= 4 is 23.8 Å². The SMILES string of the molecule is O=C(Cc1ccccc1[N+](=O)[O-])NN=Cc1ccc(OCc2ccc(C(=O)O)cc2)cc1. The highest BCUT2D eigenvalue weighted by molar-refractivity contribution is 5.87. The summed E-state index contributed by atoms with van der Waals surface area (Å²) in [4.78, 5) is 33.4. The summed E-state index contributed by atoms with van der Waals surface area (Å²) in [5.41, 5.74) is 4.32. The van der Waals surface area contributed by atoms with Gasteiger partial charge in [0.15, 0.2) is 0 Å². The number of para-hydroxylation sites is 1. The average molecular weight is 433 g/mol. The number of nitro benzene ring substituents is 1. The van der Waals surface area contributed by atoms with E-state index in [1.807, 2.05) is 0 Å². The molecule has 0 fully saturated rings. The van der Waals surface area contributed by atoms with Gasteiger partial charge in [-0.15, -0.1) is 0 Å². The van der Waals surface area contributed by atoms with Gasteiger partial charge in [0.05, 0.1) is 23.1 Å². The van der Waals surface area contributed by atoms with Gasteiger partial charge in [-0.1, -0.05) is 30.3 Å². The lowest BCUT2D eigenvalue weighted by atomic mass is 10.1. The Labute approximate surface area is 183 Å². The summed E-state index contributed by atoms with van der Waals surface area (Å²) >= 11 is 0. The molecule has 0 aliphatic carbocycles. The van der Waals surface area contributed by atoms with E-state index in [0.717, 1.165) is 5.56 Å². The number of benzene rings is 3. The number of ether oxygens (including phenoxy) is 1. The van der Waals surface area contributed by atoms with Crippen LogP contribution in [0.3, 0.4) is 0 Å². The molecule has 0 bridgehead atoms. The average Bonchev–Trinajstić information content (AvgIpc) is 2.79. The number of carbonyl (C=O) groups is 2. The van der Waals surface area contributed by atoms with Crippen LogP contribution < -0.4 is 10.2 Å². The molecular weight excluding hydrogens is 414 g/mol. The van der Waals surface area contributed by atoms with Crippen LogP contribution in [0.4, 0.5) is 5.69 Å². The van der Waals surface area contributed by atoms with Crippen LogP contribution in [0.15, 0.2) is 77.9 Å². The van der Waals surface area contributed by atoms with Crippen molar-refractivity contribution in [2.75, 3.05) is 0 Å². The van der Waals surface area contributed by atoms with E-state index in [9.17, 15) is 19.7 Å². The van der Waals surface area contributed by atoms with Crippen molar-refractivity contribution in [2.45, 2.75) is 13.0 Å². The van der Waals surface area contributed by atoms with Crippen molar-refractivity contribution in [3.8, 4) is 5.75 Å². The minimum Gasteiger partial charge on any atom is -0.489 e. The van der Waals surface area contributed by atoms with Crippen LogP contribution in [0.1, 0.15) is 27.0 Å². The maximum absolute atomic E-state index is 12.0. The number of aromatic carboxylic acids is 1. The molecule has 0 unspecified atom stereocenters. The topological polar surface area (TPSA) is 131 Å². The normalized spacial score (nSPS) is 10.6. The number of rotatable bonds is 9. The standard InChI is InChI=1S/C23H19N3O6/c27-22(13-19-3-1-2-4-21(19)26(30)31)25-24-14-16-7-11-20(12-8-16)32-15-17-5-9-18(10-6-17)23(28)29/h1-12,14H,13,15H2,(H,25,27)(H,28,29). The Balaban J connectivity index is 1.49. The van der Waals surface area contributed by atoms with Gasteiger partial charge in [0.1, 0.15) is 12.4 Å². The van der Waals surface area contributed by atoms with Crippen LogP contribution in [0.25, 0.3) is 0 Å². The molecule has 3 aromatic rings. The summed E-state index contributed by atoms with van der Waals surface area (Å²) in [6, 6.07) is 19.4. The smallest absolute Gasteiger partial charge is 0.335 e. The molecular formula is C23H19N3O6. The monoisotopic (exact) mass is 433 g/mol. The van der Waals surface area contributed by atoms with Crippen molar-refractivity contribution in [1.82, 2.24) is 5.43 Å². The molecule has 32 heavy (non-hydrogen) atoms. The zero-order valence-electron chi connectivity index (χ0n) is 16.8. The van der Waals surface area contributed by atoms with Gasteiger partial charge in [-0.05, 0) is 47.5 Å². The molecule has 2 N–H and O–H groups in total. The Kier molecular flexibility index (Phi) is 7.26. The van der Waals surface area contributed by atoms with E-state index in [1.54, 1.807) is 48.5 Å². The first-order valence-corrected chi connectivity index (χ1v) is 9.51. The van der Waals surface area contributed by atoms with Crippen LogP contribution in [-0.2, 0) is 17.8 Å². The van der Waals surface area contributed by atoms with E-state index in [2.05, 4.69) is 10.5 Å². The third-order valence-electron chi connectivity index (χ3n) is 4.43. The summed E-state index contributed by atoms with van der Waals surface area (Å²) < 4.78 is 5.67. The first kappa shape index (κ1) is 22.2. The lowest BCUT2D eigenvalue weighted by Gasteiger charge is -2.07. The summed E-state index contributed by atoms with van der Waals surface area (Å²) in [5.74, 6) is -0.832. The second kappa shape index (κ2) is 10.5. The van der Waals surface area contributed by atoms with Crippen LogP contribution in [0.2, 0.25) is 0 Å². The van der Waals surface area contributed by atoms with E-state index < -0.39 is 16.8 Å². The number of hydrazone groups is 1. The minimum atomic E-state index is -0.979. The Hall–Kier alpha value is -4.53. The lowest BCUT2D eigenvalue weighted by molar-refractivity contribution is -0.385. The van der Waals surface area contributed by atoms with Gasteiger partial charge in [0.2, 0.25) is 5.91 Å². The first-order chi connectivity index (χ1) is 15.4. The van der Waals surface area contributed by atoms with Crippen molar-refractivity contribution < 1.29 is 24.4 Å². The number of carbonyl (C=O) groups excluding carboxylic acids is 1. The molecule has 1 amide bonds. The van der Waals surface area contributed by atoms with E-state index in [1.165, 1.54) is 30.5 Å². The highest BCUT2D eigenvalue weighted by Crippen LogP contribution is 2.18. The molecule has 9 heteroatoms. The van der Waals surface area contributed by atoms with Crippen molar-refractivity contribution in [2.24, 2.45) is 5.10 Å². The summed E-state index contributed by atoms with van der Waals surface area (Å²) in [7, 11) is 0. The molecule has 0 heterocycles. The Morgan fingerprint density at radius 2 is 1.72 bits per heavy atom. The maximum Gasteiger partial charge on any atom is 0.335 e. The number of carboxylic acids is 1. The van der Waals surface area contributed by atoms with Crippen LogP contribution >= 0.6 is 0 Å². The molecule has 0 atom stereocenters. The fraction of sp³-hybridized carbons (Fsp3) is 0.0870. The van der Waals surface area contributed by atoms with Crippen molar-refractivity contribution in [1.29, 1.82) is 0 Å². The van der Waals surface area contributed by atoms with Gasteiger partial charge in [-0.3, -0.25) is 14.9 Å². The van der Waals surface area contributed by atoms with Gasteiger partial charge >= 0.3 is 5.97 Å². The second-order valence-electron chi connectivity index (χ2n) is 6.72. The maximum atomic E-state index is 12.0. The first-order valence-electron chi connectivity index (χ1n) is 9.51. The number of nitro groups is 1. The van der Waals surface area contributed by atoms with Crippen LogP contribution in [0, 0.1) is 10.1 Å². The van der Waals surface area contributed by atoms with E-state index in [-0.39, 0.29) is 24.3 Å². The number of carboxylic acid groups (broad SMARTS) is 1. The predicted octanol–water partition coefficient (Wildman–Crippen LogP) is 3.56. The quantitative estimate of drug-likeness (QED) is 0.301. The molecule has 9 nitrogen and oxygen atoms in total. The number of hydrogen-bond donors (Lipinski definition) is 2. The van der Waals surface area contributed by atoms with E-state index in [0.29, 0.717) is 16.9 Å². The Morgan fingerprint density at radius 3 is 2.38 bits per heavy atom. The van der Waals surface area contributed by atoms with Crippen LogP contribution in [-0.4, -0.2) is 28.1 Å². The predicted molar refractivity (Wildman–Crippen MR) is 117 cm³/mol. The largest absolute Gasteiger partial charge is 0.489 e. The summed E-state index contributed by atoms with van der Waals surface area (Å²) in [6.45, 7) is 0.287. The zero-order valence-corrected chi connectivity index (χ0v) is 16.8. The van der Waals surface area contributed by atoms with Crippen molar-refractivity contribution in [3.05, 3.63) is 105 Å². The lowest BCUT2D eigenvalue weighted by Crippen LogP contribution is -2.20. The number of nitrogens with one attached hydrogen (secondary N) is 1.